The van der Waals surface area contributed by atoms with Crippen LogP contribution in [-0.4, -0.2) is 11.2 Å². The lowest BCUT2D eigenvalue weighted by Gasteiger charge is -2.14. The van der Waals surface area contributed by atoms with Gasteiger partial charge in [-0.3, -0.25) is 0 Å². The highest BCUT2D eigenvalue weighted by atomic mass is 35.5. The van der Waals surface area contributed by atoms with E-state index in [-0.39, 0.29) is 0 Å². The van der Waals surface area contributed by atoms with Gasteiger partial charge in [0.1, 0.15) is 12.8 Å². The summed E-state index contributed by atoms with van der Waals surface area (Å²) in [5, 5.41) is 12.2. The van der Waals surface area contributed by atoms with E-state index in [1.165, 1.54) is 11.8 Å². The summed E-state index contributed by atoms with van der Waals surface area (Å²) in [6.07, 6.45) is 0. The number of nitriles is 1. The molecule has 3 rings (SSSR count). The molecule has 3 aromatic rings. The van der Waals surface area contributed by atoms with Crippen LogP contribution in [-0.2, 0) is 11.5 Å². The molecular weight excluding hydrogens is 423 g/mol. The van der Waals surface area contributed by atoms with Crippen molar-refractivity contribution in [2.24, 2.45) is 0 Å². The second kappa shape index (κ2) is 9.05. The molecule has 1 heterocycles. The van der Waals surface area contributed by atoms with Gasteiger partial charge in [0.25, 0.3) is 0 Å². The first-order valence-corrected chi connectivity index (χ1v) is 10.1. The lowest BCUT2D eigenvalue weighted by atomic mass is 10.1. The monoisotopic (exact) mass is 436 g/mol. The van der Waals surface area contributed by atoms with Crippen LogP contribution in [0.25, 0.3) is 11.3 Å². The minimum absolute atomic E-state index is 0.333. The van der Waals surface area contributed by atoms with Gasteiger partial charge in [-0.1, -0.05) is 58.7 Å². The molecule has 0 spiro atoms. The Kier molecular flexibility index (Phi) is 6.75. The van der Waals surface area contributed by atoms with Gasteiger partial charge in [0.15, 0.2) is 0 Å². The van der Waals surface area contributed by atoms with Gasteiger partial charge in [0.05, 0.1) is 26.3 Å². The van der Waals surface area contributed by atoms with Crippen molar-refractivity contribution >= 4 is 46.6 Å². The van der Waals surface area contributed by atoms with Crippen molar-refractivity contribution in [3.63, 3.8) is 0 Å². The highest BCUT2D eigenvalue weighted by molar-refractivity contribution is 7.99. The lowest BCUT2D eigenvalue weighted by molar-refractivity contribution is 0.0840. The van der Waals surface area contributed by atoms with Gasteiger partial charge in [-0.15, -0.1) is 0 Å². The van der Waals surface area contributed by atoms with Crippen LogP contribution in [0.5, 0.6) is 0 Å². The molecule has 2 aromatic carbocycles. The van der Waals surface area contributed by atoms with E-state index in [1.807, 2.05) is 47.9 Å². The summed E-state index contributed by atoms with van der Waals surface area (Å²) in [6.45, 7) is 2.83. The first-order chi connectivity index (χ1) is 13.0. The topological polar surface area (TPSA) is 38.0 Å². The summed E-state index contributed by atoms with van der Waals surface area (Å²) in [4.78, 5) is 0.923. The third kappa shape index (κ3) is 4.63. The summed E-state index contributed by atoms with van der Waals surface area (Å²) in [5.74, 6) is 0. The molecule has 27 heavy (non-hydrogen) atoms. The molecule has 0 aliphatic carbocycles. The fraction of sp³-hybridized carbons (Fsp3) is 0.150. The molecule has 0 aliphatic rings. The maximum Gasteiger partial charge on any atom is 0.123 e. The number of benzene rings is 2. The quantitative estimate of drug-likeness (QED) is 0.411. The SMILES string of the molecule is CCOCn1c(Sc2ccc(Cl)c(Cl)c2)cc(C#N)c1-c1ccc(Cl)cc1. The second-order valence-electron chi connectivity index (χ2n) is 5.59. The second-order valence-corrected chi connectivity index (χ2v) is 7.94. The van der Waals surface area contributed by atoms with Crippen molar-refractivity contribution in [3.05, 3.63) is 69.2 Å². The molecule has 0 radical (unpaired) electrons. The molecule has 3 nitrogen and oxygen atoms in total. The van der Waals surface area contributed by atoms with E-state index >= 15 is 0 Å². The highest BCUT2D eigenvalue weighted by Crippen LogP contribution is 2.38. The molecule has 0 saturated carbocycles. The molecule has 0 atom stereocenters. The van der Waals surface area contributed by atoms with Crippen LogP contribution < -0.4 is 0 Å². The van der Waals surface area contributed by atoms with Crippen molar-refractivity contribution in [2.75, 3.05) is 6.61 Å². The van der Waals surface area contributed by atoms with Crippen LogP contribution in [0.15, 0.2) is 58.5 Å². The zero-order chi connectivity index (χ0) is 19.4. The Balaban J connectivity index is 2.08. The van der Waals surface area contributed by atoms with Gasteiger partial charge in [0, 0.05) is 16.5 Å². The molecular formula is C20H15Cl3N2OS. The smallest absolute Gasteiger partial charge is 0.123 e. The number of aromatic nitrogens is 1. The van der Waals surface area contributed by atoms with Gasteiger partial charge < -0.3 is 9.30 Å². The van der Waals surface area contributed by atoms with Crippen molar-refractivity contribution in [2.45, 2.75) is 23.6 Å². The average molecular weight is 438 g/mol. The third-order valence-electron chi connectivity index (χ3n) is 3.83. The Morgan fingerprint density at radius 1 is 1.04 bits per heavy atom. The van der Waals surface area contributed by atoms with Crippen molar-refractivity contribution < 1.29 is 4.74 Å². The Morgan fingerprint density at radius 3 is 2.41 bits per heavy atom. The van der Waals surface area contributed by atoms with Crippen LogP contribution in [0, 0.1) is 11.3 Å². The van der Waals surface area contributed by atoms with Crippen LogP contribution >= 0.6 is 46.6 Å². The van der Waals surface area contributed by atoms with Gasteiger partial charge in [-0.25, -0.2) is 0 Å². The van der Waals surface area contributed by atoms with E-state index in [0.29, 0.717) is 34.0 Å². The molecule has 7 heteroatoms. The largest absolute Gasteiger partial charge is 0.361 e. The number of hydrogen-bond acceptors (Lipinski definition) is 3. The maximum atomic E-state index is 9.67. The van der Waals surface area contributed by atoms with E-state index < -0.39 is 0 Å². The molecule has 0 unspecified atom stereocenters. The first-order valence-electron chi connectivity index (χ1n) is 8.13. The fourth-order valence-corrected chi connectivity index (χ4v) is 4.06. The molecule has 0 amide bonds. The minimum Gasteiger partial charge on any atom is -0.361 e. The normalized spacial score (nSPS) is 10.8. The predicted molar refractivity (Wildman–Crippen MR) is 112 cm³/mol. The Labute approximate surface area is 177 Å². The van der Waals surface area contributed by atoms with Gasteiger partial charge in [-0.2, -0.15) is 5.26 Å². The third-order valence-corrected chi connectivity index (χ3v) is 5.86. The van der Waals surface area contributed by atoms with Crippen molar-refractivity contribution in [1.29, 1.82) is 5.26 Å². The van der Waals surface area contributed by atoms with E-state index in [2.05, 4.69) is 6.07 Å². The fourth-order valence-electron chi connectivity index (χ4n) is 2.59. The van der Waals surface area contributed by atoms with Crippen LogP contribution in [0.4, 0.5) is 0 Å². The molecule has 0 fully saturated rings. The lowest BCUT2D eigenvalue weighted by Crippen LogP contribution is -2.05. The summed E-state index contributed by atoms with van der Waals surface area (Å²) in [7, 11) is 0. The van der Waals surface area contributed by atoms with E-state index in [4.69, 9.17) is 39.5 Å². The zero-order valence-corrected chi connectivity index (χ0v) is 17.5. The molecule has 1 aromatic heterocycles. The number of nitrogens with zero attached hydrogens (tertiary/aromatic N) is 2. The Hall–Kier alpha value is -1.61. The zero-order valence-electron chi connectivity index (χ0n) is 14.4. The van der Waals surface area contributed by atoms with Crippen LogP contribution in [0.1, 0.15) is 12.5 Å². The summed E-state index contributed by atoms with van der Waals surface area (Å²) in [6, 6.07) is 17.0. The first kappa shape index (κ1) is 20.1. The van der Waals surface area contributed by atoms with Crippen molar-refractivity contribution in [3.8, 4) is 17.3 Å². The predicted octanol–water partition coefficient (Wildman–Crippen LogP) is 7.13. The summed E-state index contributed by atoms with van der Waals surface area (Å²) in [5.41, 5.74) is 2.27. The Bertz CT molecular complexity index is 994. The van der Waals surface area contributed by atoms with Gasteiger partial charge >= 0.3 is 0 Å². The number of halogens is 3. The van der Waals surface area contributed by atoms with E-state index in [1.54, 1.807) is 12.1 Å². The van der Waals surface area contributed by atoms with Crippen LogP contribution in [0.2, 0.25) is 15.1 Å². The van der Waals surface area contributed by atoms with Gasteiger partial charge in [0.2, 0.25) is 0 Å². The van der Waals surface area contributed by atoms with Crippen LogP contribution in [0.3, 0.4) is 0 Å². The summed E-state index contributed by atoms with van der Waals surface area (Å²) < 4.78 is 7.64. The number of hydrogen-bond donors (Lipinski definition) is 0. The average Bonchev–Trinajstić information content (AvgIpc) is 3.01. The van der Waals surface area contributed by atoms with E-state index in [0.717, 1.165) is 21.2 Å². The van der Waals surface area contributed by atoms with E-state index in [9.17, 15) is 5.26 Å². The number of rotatable bonds is 6. The Morgan fingerprint density at radius 2 is 1.78 bits per heavy atom. The van der Waals surface area contributed by atoms with Crippen molar-refractivity contribution in [1.82, 2.24) is 4.57 Å². The molecule has 0 saturated heterocycles. The molecule has 0 N–H and O–H groups in total. The molecule has 0 bridgehead atoms. The summed E-state index contributed by atoms with van der Waals surface area (Å²) >= 11 is 19.7. The molecule has 138 valence electrons. The minimum atomic E-state index is 0.333. The standard InChI is InChI=1S/C20H15Cl3N2OS/c1-2-26-12-25-19(27-16-7-8-17(22)18(23)10-16)9-14(11-24)20(25)13-3-5-15(21)6-4-13/h3-10H,2,12H2,1H3. The van der Waals surface area contributed by atoms with Gasteiger partial charge in [-0.05, 0) is 48.9 Å². The highest BCUT2D eigenvalue weighted by Gasteiger charge is 2.18. The maximum absolute atomic E-state index is 9.67. The molecule has 0 aliphatic heterocycles. The number of ether oxygens (including phenoxy) is 1.